The van der Waals surface area contributed by atoms with E-state index in [1.807, 2.05) is 6.07 Å². The van der Waals surface area contributed by atoms with Crippen molar-refractivity contribution in [3.8, 4) is 17.9 Å². The molecule has 0 aliphatic carbocycles. The van der Waals surface area contributed by atoms with Crippen molar-refractivity contribution in [2.24, 2.45) is 0 Å². The lowest BCUT2D eigenvalue weighted by atomic mass is 10.1. The molecule has 0 spiro atoms. The van der Waals surface area contributed by atoms with Crippen LogP contribution in [-0.4, -0.2) is 23.8 Å². The molecule has 0 N–H and O–H groups in total. The Morgan fingerprint density at radius 2 is 1.68 bits per heavy atom. The van der Waals surface area contributed by atoms with Crippen molar-refractivity contribution >= 4 is 11.8 Å². The van der Waals surface area contributed by atoms with Crippen LogP contribution in [0.3, 0.4) is 0 Å². The number of rotatable bonds is 2. The number of nitriles is 1. The Hall–Kier alpha value is -3.44. The van der Waals surface area contributed by atoms with Crippen molar-refractivity contribution in [3.05, 3.63) is 65.0 Å². The van der Waals surface area contributed by atoms with Crippen LogP contribution in [0.15, 0.2) is 42.5 Å². The van der Waals surface area contributed by atoms with Crippen LogP contribution in [-0.2, 0) is 4.74 Å². The van der Waals surface area contributed by atoms with E-state index >= 15 is 0 Å². The Balaban J connectivity index is 2.21. The van der Waals surface area contributed by atoms with Gasteiger partial charge in [0, 0.05) is 5.56 Å². The first-order chi connectivity index (χ1) is 10.6. The predicted octanol–water partition coefficient (Wildman–Crippen LogP) is 1.97. The predicted molar refractivity (Wildman–Crippen MR) is 77.9 cm³/mol. The molecule has 1 heterocycles. The van der Waals surface area contributed by atoms with E-state index in [1.54, 1.807) is 24.3 Å². The van der Waals surface area contributed by atoms with Gasteiger partial charge in [0.25, 0.3) is 5.78 Å². The fourth-order valence-electron chi connectivity index (χ4n) is 1.60. The lowest BCUT2D eigenvalue weighted by Crippen LogP contribution is -2.08. The molecule has 1 aromatic heterocycles. The molecule has 2 aromatic rings. The first-order valence-corrected chi connectivity index (χ1v) is 6.26. The summed E-state index contributed by atoms with van der Waals surface area (Å²) in [4.78, 5) is 27.2. The SMILES string of the molecule is COC(=O)c1cccc(C(=O)C#Cc2ccc(C#N)cc2)n1. The Morgan fingerprint density at radius 3 is 2.32 bits per heavy atom. The summed E-state index contributed by atoms with van der Waals surface area (Å²) in [5.74, 6) is 4.02. The van der Waals surface area contributed by atoms with Gasteiger partial charge in [-0.1, -0.05) is 12.0 Å². The third-order valence-corrected chi connectivity index (χ3v) is 2.71. The summed E-state index contributed by atoms with van der Waals surface area (Å²) >= 11 is 0. The second kappa shape index (κ2) is 6.83. The van der Waals surface area contributed by atoms with E-state index in [-0.39, 0.29) is 11.4 Å². The average Bonchev–Trinajstić information content (AvgIpc) is 2.59. The van der Waals surface area contributed by atoms with Gasteiger partial charge in [-0.25, -0.2) is 9.78 Å². The van der Waals surface area contributed by atoms with Crippen molar-refractivity contribution < 1.29 is 14.3 Å². The summed E-state index contributed by atoms with van der Waals surface area (Å²) in [6.07, 6.45) is 0. The van der Waals surface area contributed by atoms with Gasteiger partial charge in [-0.05, 0) is 42.3 Å². The number of Topliss-reactive ketones (excluding diaryl/α,β-unsaturated/α-hetero) is 1. The van der Waals surface area contributed by atoms with Gasteiger partial charge < -0.3 is 4.74 Å². The topological polar surface area (TPSA) is 80.0 Å². The summed E-state index contributed by atoms with van der Waals surface area (Å²) < 4.78 is 4.55. The summed E-state index contributed by atoms with van der Waals surface area (Å²) in [5, 5.41) is 8.70. The first-order valence-electron chi connectivity index (χ1n) is 6.26. The molecule has 0 unspecified atom stereocenters. The van der Waals surface area contributed by atoms with Gasteiger partial charge in [0.1, 0.15) is 11.4 Å². The molecule has 0 bridgehead atoms. The maximum absolute atomic E-state index is 12.0. The molecule has 5 nitrogen and oxygen atoms in total. The molecule has 0 atom stereocenters. The van der Waals surface area contributed by atoms with Crippen LogP contribution in [0.1, 0.15) is 32.1 Å². The fraction of sp³-hybridized carbons (Fsp3) is 0.0588. The van der Waals surface area contributed by atoms with Gasteiger partial charge in [0.15, 0.2) is 0 Å². The Bertz CT molecular complexity index is 821. The van der Waals surface area contributed by atoms with Crippen molar-refractivity contribution in [1.29, 1.82) is 5.26 Å². The Labute approximate surface area is 127 Å². The molecule has 1 aromatic carbocycles. The smallest absolute Gasteiger partial charge is 0.356 e. The van der Waals surface area contributed by atoms with Crippen molar-refractivity contribution in [2.45, 2.75) is 0 Å². The quantitative estimate of drug-likeness (QED) is 0.480. The zero-order valence-electron chi connectivity index (χ0n) is 11.7. The molecule has 0 aliphatic heterocycles. The number of esters is 1. The standard InChI is InChI=1S/C17H10N2O3/c1-22-17(21)15-4-2-3-14(19-15)16(20)10-9-12-5-7-13(11-18)8-6-12/h2-8H,1H3. The number of carbonyl (C=O) groups is 2. The van der Waals surface area contributed by atoms with Gasteiger partial charge in [-0.2, -0.15) is 5.26 Å². The molecule has 0 saturated heterocycles. The van der Waals surface area contributed by atoms with Gasteiger partial charge in [-0.3, -0.25) is 4.79 Å². The molecule has 22 heavy (non-hydrogen) atoms. The van der Waals surface area contributed by atoms with Crippen LogP contribution in [0.2, 0.25) is 0 Å². The average molecular weight is 290 g/mol. The van der Waals surface area contributed by atoms with Gasteiger partial charge in [0.05, 0.1) is 18.7 Å². The van der Waals surface area contributed by atoms with Crippen LogP contribution >= 0.6 is 0 Å². The molecule has 0 saturated carbocycles. The number of pyridine rings is 1. The highest BCUT2D eigenvalue weighted by Gasteiger charge is 2.10. The third kappa shape index (κ3) is 3.56. The number of nitrogens with zero attached hydrogens (tertiary/aromatic N) is 2. The number of hydrogen-bond donors (Lipinski definition) is 0. The summed E-state index contributed by atoms with van der Waals surface area (Å²) in [6, 6.07) is 13.0. The second-order valence-corrected chi connectivity index (χ2v) is 4.17. The first kappa shape index (κ1) is 15.0. The number of hydrogen-bond acceptors (Lipinski definition) is 5. The Kier molecular flexibility index (Phi) is 4.64. The van der Waals surface area contributed by atoms with Crippen LogP contribution in [0.4, 0.5) is 0 Å². The van der Waals surface area contributed by atoms with E-state index < -0.39 is 11.8 Å². The second-order valence-electron chi connectivity index (χ2n) is 4.17. The van der Waals surface area contributed by atoms with Gasteiger partial charge in [0.2, 0.25) is 0 Å². The number of ketones is 1. The molecule has 2 rings (SSSR count). The molecule has 0 amide bonds. The number of aromatic nitrogens is 1. The zero-order chi connectivity index (χ0) is 15.9. The van der Waals surface area contributed by atoms with E-state index in [1.165, 1.54) is 25.3 Å². The lowest BCUT2D eigenvalue weighted by molar-refractivity contribution is 0.0594. The van der Waals surface area contributed by atoms with E-state index in [0.29, 0.717) is 11.1 Å². The minimum absolute atomic E-state index is 0.0496. The summed E-state index contributed by atoms with van der Waals surface area (Å²) in [7, 11) is 1.24. The molecule has 0 aliphatic rings. The fourth-order valence-corrected chi connectivity index (χ4v) is 1.60. The molecule has 0 fully saturated rings. The van der Waals surface area contributed by atoms with Crippen molar-refractivity contribution in [3.63, 3.8) is 0 Å². The molecule has 5 heteroatoms. The summed E-state index contributed by atoms with van der Waals surface area (Å²) in [5.41, 5.74) is 1.25. The molecule has 106 valence electrons. The largest absolute Gasteiger partial charge is 0.464 e. The number of methoxy groups -OCH3 is 1. The minimum Gasteiger partial charge on any atom is -0.464 e. The highest BCUT2D eigenvalue weighted by Crippen LogP contribution is 2.04. The van der Waals surface area contributed by atoms with Crippen molar-refractivity contribution in [2.75, 3.05) is 7.11 Å². The highest BCUT2D eigenvalue weighted by atomic mass is 16.5. The molecular formula is C17H10N2O3. The number of carbonyl (C=O) groups excluding carboxylic acids is 2. The van der Waals surface area contributed by atoms with Gasteiger partial charge in [-0.15, -0.1) is 0 Å². The van der Waals surface area contributed by atoms with E-state index in [0.717, 1.165) is 0 Å². The number of benzene rings is 1. The van der Waals surface area contributed by atoms with E-state index in [4.69, 9.17) is 5.26 Å². The van der Waals surface area contributed by atoms with Crippen LogP contribution in [0, 0.1) is 23.2 Å². The van der Waals surface area contributed by atoms with Crippen LogP contribution < -0.4 is 0 Å². The van der Waals surface area contributed by atoms with Crippen molar-refractivity contribution in [1.82, 2.24) is 4.98 Å². The third-order valence-electron chi connectivity index (χ3n) is 2.71. The Morgan fingerprint density at radius 1 is 1.05 bits per heavy atom. The zero-order valence-corrected chi connectivity index (χ0v) is 11.7. The normalized spacial score (nSPS) is 9.09. The summed E-state index contributed by atoms with van der Waals surface area (Å²) in [6.45, 7) is 0. The van der Waals surface area contributed by atoms with Crippen LogP contribution in [0.5, 0.6) is 0 Å². The molecule has 0 radical (unpaired) electrons. The lowest BCUT2D eigenvalue weighted by Gasteiger charge is -1.99. The van der Waals surface area contributed by atoms with E-state index in [2.05, 4.69) is 21.6 Å². The maximum Gasteiger partial charge on any atom is 0.356 e. The minimum atomic E-state index is -0.616. The number of ether oxygens (including phenoxy) is 1. The maximum atomic E-state index is 12.0. The van der Waals surface area contributed by atoms with Gasteiger partial charge >= 0.3 is 5.97 Å². The molecular weight excluding hydrogens is 280 g/mol. The van der Waals surface area contributed by atoms with Crippen LogP contribution in [0.25, 0.3) is 0 Å². The highest BCUT2D eigenvalue weighted by molar-refractivity contribution is 6.08. The monoisotopic (exact) mass is 290 g/mol. The van der Waals surface area contributed by atoms with E-state index in [9.17, 15) is 9.59 Å².